The van der Waals surface area contributed by atoms with Crippen molar-refractivity contribution in [2.24, 2.45) is 0 Å². The van der Waals surface area contributed by atoms with E-state index in [0.29, 0.717) is 41.6 Å². The summed E-state index contributed by atoms with van der Waals surface area (Å²) in [5.41, 5.74) is 0.633. The van der Waals surface area contributed by atoms with Gasteiger partial charge in [0.15, 0.2) is 5.16 Å². The van der Waals surface area contributed by atoms with Crippen molar-refractivity contribution < 1.29 is 14.3 Å². The van der Waals surface area contributed by atoms with Crippen LogP contribution in [0.25, 0.3) is 20.3 Å². The van der Waals surface area contributed by atoms with E-state index < -0.39 is 0 Å². The Kier molecular flexibility index (Phi) is 7.09. The first-order valence-corrected chi connectivity index (χ1v) is 11.1. The lowest BCUT2D eigenvalue weighted by Crippen LogP contribution is -2.24. The number of benzene rings is 1. The van der Waals surface area contributed by atoms with Crippen LogP contribution < -0.4 is 5.56 Å². The van der Waals surface area contributed by atoms with Crippen molar-refractivity contribution in [2.45, 2.75) is 45.0 Å². The Morgan fingerprint density at radius 1 is 1.32 bits per heavy atom. The van der Waals surface area contributed by atoms with Crippen molar-refractivity contribution in [3.8, 4) is 0 Å². The molecule has 0 aliphatic heterocycles. The topological polar surface area (TPSA) is 70.4 Å². The monoisotopic (exact) mass is 420 g/mol. The van der Waals surface area contributed by atoms with Crippen LogP contribution in [0, 0.1) is 0 Å². The second-order valence-corrected chi connectivity index (χ2v) is 8.49. The van der Waals surface area contributed by atoms with Crippen LogP contribution in [0.5, 0.6) is 0 Å². The van der Waals surface area contributed by atoms with Crippen LogP contribution in [0.15, 0.2) is 34.2 Å². The van der Waals surface area contributed by atoms with E-state index in [9.17, 15) is 9.59 Å². The molecule has 0 atom stereocenters. The Labute approximate surface area is 171 Å². The minimum absolute atomic E-state index is 0.0675. The lowest BCUT2D eigenvalue weighted by atomic mass is 10.2. The number of thiophene rings is 1. The second-order valence-electron chi connectivity index (χ2n) is 6.49. The summed E-state index contributed by atoms with van der Waals surface area (Å²) in [6.07, 6.45) is 0.848. The zero-order chi connectivity index (χ0) is 20.1. The zero-order valence-corrected chi connectivity index (χ0v) is 17.9. The van der Waals surface area contributed by atoms with Crippen LogP contribution in [0.1, 0.15) is 27.2 Å². The molecule has 0 fully saturated rings. The predicted octanol–water partition coefficient (Wildman–Crippen LogP) is 4.08. The van der Waals surface area contributed by atoms with Crippen molar-refractivity contribution in [3.05, 3.63) is 34.6 Å². The molecule has 2 heterocycles. The van der Waals surface area contributed by atoms with Gasteiger partial charge in [0.25, 0.3) is 5.56 Å². The van der Waals surface area contributed by atoms with Gasteiger partial charge in [-0.15, -0.1) is 11.3 Å². The maximum absolute atomic E-state index is 13.2. The third kappa shape index (κ3) is 4.74. The average molecular weight is 421 g/mol. The van der Waals surface area contributed by atoms with Gasteiger partial charge >= 0.3 is 5.97 Å². The molecule has 150 valence electrons. The maximum atomic E-state index is 13.2. The molecule has 0 N–H and O–H groups in total. The number of carbonyl (C=O) groups is 1. The number of nitrogens with zero attached hydrogens (tertiary/aromatic N) is 2. The lowest BCUT2D eigenvalue weighted by Gasteiger charge is -2.13. The Bertz CT molecular complexity index is 1030. The van der Waals surface area contributed by atoms with E-state index >= 15 is 0 Å². The molecular formula is C20H24N2O4S2. The highest BCUT2D eigenvalue weighted by molar-refractivity contribution is 7.99. The van der Waals surface area contributed by atoms with Crippen LogP contribution in [-0.4, -0.2) is 40.6 Å². The second kappa shape index (κ2) is 9.54. The standard InChI is InChI=1S/C20H24N2O4S2/c1-4-25-16(23)12-27-20-21-17-14-8-5-6-9-15(14)28-18(17)19(24)22(20)10-7-11-26-13(2)3/h5-6,8-9,13H,4,7,10-12H2,1-3H3. The molecule has 0 spiro atoms. The van der Waals surface area contributed by atoms with E-state index in [4.69, 9.17) is 14.5 Å². The van der Waals surface area contributed by atoms with Crippen molar-refractivity contribution in [2.75, 3.05) is 19.0 Å². The third-order valence-electron chi connectivity index (χ3n) is 4.05. The highest BCUT2D eigenvalue weighted by Crippen LogP contribution is 2.31. The summed E-state index contributed by atoms with van der Waals surface area (Å²) >= 11 is 2.70. The Balaban J connectivity index is 1.97. The third-order valence-corrected chi connectivity index (χ3v) is 6.15. The van der Waals surface area contributed by atoms with Gasteiger partial charge < -0.3 is 9.47 Å². The van der Waals surface area contributed by atoms with E-state index in [1.165, 1.54) is 23.1 Å². The van der Waals surface area contributed by atoms with Gasteiger partial charge in [0.1, 0.15) is 4.70 Å². The molecule has 0 saturated heterocycles. The number of rotatable bonds is 9. The SMILES string of the molecule is CCOC(=O)CSc1nc2c(sc3ccccc32)c(=O)n1CCCOC(C)C. The molecule has 3 aromatic rings. The van der Waals surface area contributed by atoms with Crippen LogP contribution in [0.4, 0.5) is 0 Å². The predicted molar refractivity (Wildman–Crippen MR) is 114 cm³/mol. The summed E-state index contributed by atoms with van der Waals surface area (Å²) < 4.78 is 13.9. The van der Waals surface area contributed by atoms with Gasteiger partial charge in [-0.1, -0.05) is 30.0 Å². The number of carbonyl (C=O) groups excluding carboxylic acids is 1. The van der Waals surface area contributed by atoms with E-state index in [0.717, 1.165) is 10.1 Å². The van der Waals surface area contributed by atoms with E-state index in [1.807, 2.05) is 38.1 Å². The summed E-state index contributed by atoms with van der Waals surface area (Å²) in [4.78, 5) is 29.7. The summed E-state index contributed by atoms with van der Waals surface area (Å²) in [7, 11) is 0. The molecule has 2 aromatic heterocycles. The number of hydrogen-bond donors (Lipinski definition) is 0. The first-order valence-electron chi connectivity index (χ1n) is 9.33. The number of thioether (sulfide) groups is 1. The van der Waals surface area contributed by atoms with Gasteiger partial charge in [0.05, 0.1) is 24.0 Å². The van der Waals surface area contributed by atoms with Gasteiger partial charge in [-0.2, -0.15) is 0 Å². The zero-order valence-electron chi connectivity index (χ0n) is 16.3. The molecule has 0 aliphatic rings. The Morgan fingerprint density at radius 2 is 2.11 bits per heavy atom. The fourth-order valence-electron chi connectivity index (χ4n) is 2.83. The minimum atomic E-state index is -0.313. The van der Waals surface area contributed by atoms with Crippen LogP contribution >= 0.6 is 23.1 Å². The molecular weight excluding hydrogens is 396 g/mol. The number of esters is 1. The van der Waals surface area contributed by atoms with Crippen molar-refractivity contribution >= 4 is 49.4 Å². The molecule has 0 amide bonds. The molecule has 0 bridgehead atoms. The number of aromatic nitrogens is 2. The Hall–Kier alpha value is -1.90. The largest absolute Gasteiger partial charge is 0.465 e. The molecule has 0 radical (unpaired) electrons. The maximum Gasteiger partial charge on any atom is 0.316 e. The lowest BCUT2D eigenvalue weighted by molar-refractivity contribution is -0.139. The van der Waals surface area contributed by atoms with Crippen molar-refractivity contribution in [1.29, 1.82) is 0 Å². The normalized spacial score (nSPS) is 11.6. The highest BCUT2D eigenvalue weighted by atomic mass is 32.2. The molecule has 28 heavy (non-hydrogen) atoms. The first kappa shape index (κ1) is 20.8. The Morgan fingerprint density at radius 3 is 2.86 bits per heavy atom. The molecule has 1 aromatic carbocycles. The summed E-state index contributed by atoms with van der Waals surface area (Å²) in [5, 5.41) is 1.51. The average Bonchev–Trinajstić information content (AvgIpc) is 3.04. The fraction of sp³-hybridized carbons (Fsp3) is 0.450. The first-order chi connectivity index (χ1) is 13.5. The minimum Gasteiger partial charge on any atom is -0.465 e. The van der Waals surface area contributed by atoms with E-state index in [2.05, 4.69) is 0 Å². The van der Waals surface area contributed by atoms with Crippen molar-refractivity contribution in [1.82, 2.24) is 9.55 Å². The van der Waals surface area contributed by atoms with Gasteiger partial charge in [-0.3, -0.25) is 14.2 Å². The summed E-state index contributed by atoms with van der Waals surface area (Å²) in [6.45, 7) is 7.13. The van der Waals surface area contributed by atoms with E-state index in [-0.39, 0.29) is 23.4 Å². The summed E-state index contributed by atoms with van der Waals surface area (Å²) in [6, 6.07) is 7.86. The number of ether oxygens (including phenoxy) is 2. The molecule has 0 aliphatic carbocycles. The molecule has 3 rings (SSSR count). The quantitative estimate of drug-likeness (QED) is 0.225. The number of hydrogen-bond acceptors (Lipinski definition) is 7. The molecule has 0 unspecified atom stereocenters. The molecule has 8 heteroatoms. The van der Waals surface area contributed by atoms with Gasteiger partial charge in [-0.25, -0.2) is 4.98 Å². The van der Waals surface area contributed by atoms with E-state index in [1.54, 1.807) is 11.5 Å². The van der Waals surface area contributed by atoms with Gasteiger partial charge in [0, 0.05) is 23.2 Å². The van der Waals surface area contributed by atoms with Crippen LogP contribution in [0.2, 0.25) is 0 Å². The van der Waals surface area contributed by atoms with Crippen LogP contribution in [0.3, 0.4) is 0 Å². The van der Waals surface area contributed by atoms with Crippen molar-refractivity contribution in [3.63, 3.8) is 0 Å². The van der Waals surface area contributed by atoms with Gasteiger partial charge in [-0.05, 0) is 33.3 Å². The summed E-state index contributed by atoms with van der Waals surface area (Å²) in [5.74, 6) is -0.192. The van der Waals surface area contributed by atoms with Gasteiger partial charge in [0.2, 0.25) is 0 Å². The van der Waals surface area contributed by atoms with Crippen LogP contribution in [-0.2, 0) is 20.8 Å². The molecule has 6 nitrogen and oxygen atoms in total. The highest BCUT2D eigenvalue weighted by Gasteiger charge is 2.17. The smallest absolute Gasteiger partial charge is 0.316 e. The fourth-order valence-corrected chi connectivity index (χ4v) is 4.74. The number of fused-ring (bicyclic) bond motifs is 3. The molecule has 0 saturated carbocycles.